The molecule has 1 aliphatic rings. The van der Waals surface area contributed by atoms with E-state index in [4.69, 9.17) is 11.6 Å². The van der Waals surface area contributed by atoms with Gasteiger partial charge in [-0.25, -0.2) is 0 Å². The third-order valence-corrected chi connectivity index (χ3v) is 3.59. The Morgan fingerprint density at radius 2 is 1.76 bits per heavy atom. The molecule has 1 heterocycles. The molecule has 1 atom stereocenters. The summed E-state index contributed by atoms with van der Waals surface area (Å²) in [5, 5.41) is 3.53. The van der Waals surface area contributed by atoms with E-state index in [0.717, 1.165) is 0 Å². The monoisotopic (exact) mass is 364 g/mol. The lowest BCUT2D eigenvalue weighted by atomic mass is 9.99. The van der Waals surface area contributed by atoms with E-state index in [1.54, 1.807) is 13.0 Å². The third kappa shape index (κ3) is 5.18. The maximum absolute atomic E-state index is 13.4. The first kappa shape index (κ1) is 20.8. The van der Waals surface area contributed by atoms with Crippen LogP contribution in [0.4, 0.5) is 13.2 Å². The molecule has 8 heteroatoms. The van der Waals surface area contributed by atoms with Crippen LogP contribution in [0.5, 0.6) is 0 Å². The van der Waals surface area contributed by atoms with E-state index in [9.17, 15) is 13.2 Å². The van der Waals surface area contributed by atoms with Crippen LogP contribution < -0.4 is 5.32 Å². The minimum atomic E-state index is -4.28. The van der Waals surface area contributed by atoms with Crippen LogP contribution >= 0.6 is 36.4 Å². The number of nitrogens with zero attached hydrogens (tertiary/aromatic N) is 1. The van der Waals surface area contributed by atoms with Crippen LogP contribution in [0.3, 0.4) is 0 Å². The van der Waals surface area contributed by atoms with Gasteiger partial charge in [-0.15, -0.1) is 24.8 Å². The van der Waals surface area contributed by atoms with Gasteiger partial charge in [-0.1, -0.05) is 17.7 Å². The topological polar surface area (TPSA) is 15.3 Å². The van der Waals surface area contributed by atoms with Gasteiger partial charge in [0.1, 0.15) is 6.04 Å². The van der Waals surface area contributed by atoms with Gasteiger partial charge in [-0.05, 0) is 30.2 Å². The third-order valence-electron chi connectivity index (χ3n) is 3.35. The van der Waals surface area contributed by atoms with E-state index in [1.807, 2.05) is 0 Å². The number of nitrogens with one attached hydrogen (secondary N) is 1. The summed E-state index contributed by atoms with van der Waals surface area (Å²) in [5.74, 6) is 0. The second-order valence-electron chi connectivity index (χ2n) is 4.73. The number of alkyl halides is 3. The Labute approximate surface area is 139 Å². The average Bonchev–Trinajstić information content (AvgIpc) is 2.32. The zero-order valence-corrected chi connectivity index (χ0v) is 13.8. The summed E-state index contributed by atoms with van der Waals surface area (Å²) in [6.45, 7) is 3.62. The standard InChI is InChI=1S/C13H16ClF3N2.2ClH/c1-9-8-10(14)2-3-11(9)12(13(15,16)17)19-6-4-18-5-7-19;;/h2-3,8,12,18H,4-7H2,1H3;2*1H/t12-;;/m1../s1. The largest absolute Gasteiger partial charge is 0.408 e. The van der Waals surface area contributed by atoms with Crippen molar-refractivity contribution in [3.63, 3.8) is 0 Å². The molecule has 0 unspecified atom stereocenters. The molecule has 0 aromatic heterocycles. The number of benzene rings is 1. The summed E-state index contributed by atoms with van der Waals surface area (Å²) in [6, 6.07) is 3.03. The van der Waals surface area contributed by atoms with Gasteiger partial charge >= 0.3 is 6.18 Å². The molecule has 0 radical (unpaired) electrons. The number of aryl methyl sites for hydroxylation is 1. The summed E-state index contributed by atoms with van der Waals surface area (Å²) >= 11 is 5.82. The first-order valence-corrected chi connectivity index (χ1v) is 6.55. The zero-order valence-electron chi connectivity index (χ0n) is 11.4. The van der Waals surface area contributed by atoms with E-state index in [2.05, 4.69) is 5.32 Å². The van der Waals surface area contributed by atoms with Crippen LogP contribution in [0.15, 0.2) is 18.2 Å². The molecule has 2 nitrogen and oxygen atoms in total. The lowest BCUT2D eigenvalue weighted by Crippen LogP contribution is -2.49. The van der Waals surface area contributed by atoms with E-state index in [1.165, 1.54) is 17.0 Å². The molecular formula is C13H18Cl3F3N2. The number of hydrogen-bond donors (Lipinski definition) is 1. The smallest absolute Gasteiger partial charge is 0.314 e. The Bertz CT molecular complexity index is 449. The number of hydrogen-bond acceptors (Lipinski definition) is 2. The maximum atomic E-state index is 13.4. The molecule has 1 aliphatic heterocycles. The molecule has 21 heavy (non-hydrogen) atoms. The molecule has 1 aromatic rings. The molecule has 1 N–H and O–H groups in total. The molecule has 0 amide bonds. The fourth-order valence-corrected chi connectivity index (χ4v) is 2.69. The minimum absolute atomic E-state index is 0. The van der Waals surface area contributed by atoms with Crippen LogP contribution in [0.2, 0.25) is 5.02 Å². The van der Waals surface area contributed by atoms with Gasteiger partial charge in [0.25, 0.3) is 0 Å². The Kier molecular flexibility index (Phi) is 8.36. The van der Waals surface area contributed by atoms with Crippen molar-refractivity contribution in [1.82, 2.24) is 10.2 Å². The van der Waals surface area contributed by atoms with Crippen molar-refractivity contribution in [1.29, 1.82) is 0 Å². The van der Waals surface area contributed by atoms with Gasteiger partial charge in [-0.2, -0.15) is 13.2 Å². The van der Waals surface area contributed by atoms with Gasteiger partial charge < -0.3 is 5.32 Å². The van der Waals surface area contributed by atoms with Crippen molar-refractivity contribution in [2.24, 2.45) is 0 Å². The van der Waals surface area contributed by atoms with Crippen molar-refractivity contribution in [3.8, 4) is 0 Å². The minimum Gasteiger partial charge on any atom is -0.314 e. The van der Waals surface area contributed by atoms with Crippen LogP contribution in [0.25, 0.3) is 0 Å². The van der Waals surface area contributed by atoms with Crippen molar-refractivity contribution in [2.75, 3.05) is 26.2 Å². The van der Waals surface area contributed by atoms with Gasteiger partial charge in [0.2, 0.25) is 0 Å². The first-order valence-electron chi connectivity index (χ1n) is 6.17. The molecule has 0 aliphatic carbocycles. The maximum Gasteiger partial charge on any atom is 0.408 e. The Hall–Kier alpha value is -0.200. The van der Waals surface area contributed by atoms with Gasteiger partial charge in [0.05, 0.1) is 0 Å². The summed E-state index contributed by atoms with van der Waals surface area (Å²) in [4.78, 5) is 1.48. The Morgan fingerprint density at radius 3 is 2.24 bits per heavy atom. The van der Waals surface area contributed by atoms with Gasteiger partial charge in [0.15, 0.2) is 0 Å². The normalized spacial score (nSPS) is 17.6. The first-order chi connectivity index (χ1) is 8.89. The van der Waals surface area contributed by atoms with E-state index < -0.39 is 12.2 Å². The van der Waals surface area contributed by atoms with Crippen molar-refractivity contribution in [3.05, 3.63) is 34.3 Å². The SMILES string of the molecule is Cc1cc(Cl)ccc1[C@@H](N1CCNCC1)C(F)(F)F.Cl.Cl. The predicted molar refractivity (Wildman–Crippen MR) is 83.9 cm³/mol. The van der Waals surface area contributed by atoms with Crippen LogP contribution in [0, 0.1) is 6.92 Å². The van der Waals surface area contributed by atoms with Crippen LogP contribution in [-0.2, 0) is 0 Å². The molecule has 0 bridgehead atoms. The molecule has 0 saturated carbocycles. The summed E-state index contributed by atoms with van der Waals surface area (Å²) in [7, 11) is 0. The summed E-state index contributed by atoms with van der Waals surface area (Å²) in [5.41, 5.74) is 0.868. The number of halogens is 6. The summed E-state index contributed by atoms with van der Waals surface area (Å²) < 4.78 is 40.1. The second-order valence-corrected chi connectivity index (χ2v) is 5.17. The number of rotatable bonds is 2. The number of piperazine rings is 1. The van der Waals surface area contributed by atoms with E-state index in [-0.39, 0.29) is 24.8 Å². The highest BCUT2D eigenvalue weighted by molar-refractivity contribution is 6.30. The quantitative estimate of drug-likeness (QED) is 0.852. The van der Waals surface area contributed by atoms with Crippen LogP contribution in [0.1, 0.15) is 17.2 Å². The molecule has 0 spiro atoms. The highest BCUT2D eigenvalue weighted by Gasteiger charge is 2.45. The average molecular weight is 366 g/mol. The van der Waals surface area contributed by atoms with Gasteiger partial charge in [0, 0.05) is 31.2 Å². The highest BCUT2D eigenvalue weighted by Crippen LogP contribution is 2.39. The fraction of sp³-hybridized carbons (Fsp3) is 0.538. The van der Waals surface area contributed by atoms with Crippen molar-refractivity contribution in [2.45, 2.75) is 19.1 Å². The lowest BCUT2D eigenvalue weighted by Gasteiger charge is -2.36. The Balaban J connectivity index is 0.00000200. The molecule has 2 rings (SSSR count). The zero-order chi connectivity index (χ0) is 14.0. The Morgan fingerprint density at radius 1 is 1.19 bits per heavy atom. The molecule has 1 fully saturated rings. The molecule has 1 aromatic carbocycles. The van der Waals surface area contributed by atoms with Crippen LogP contribution in [-0.4, -0.2) is 37.3 Å². The second kappa shape index (κ2) is 8.44. The molecule has 1 saturated heterocycles. The predicted octanol–water partition coefficient (Wildman–Crippen LogP) is 4.00. The van der Waals surface area contributed by atoms with Crippen molar-refractivity contribution < 1.29 is 13.2 Å². The highest BCUT2D eigenvalue weighted by atomic mass is 35.5. The molecule has 122 valence electrons. The molecular weight excluding hydrogens is 348 g/mol. The van der Waals surface area contributed by atoms with Gasteiger partial charge in [-0.3, -0.25) is 4.90 Å². The van der Waals surface area contributed by atoms with Crippen molar-refractivity contribution >= 4 is 36.4 Å². The lowest BCUT2D eigenvalue weighted by molar-refractivity contribution is -0.188. The van der Waals surface area contributed by atoms with E-state index >= 15 is 0 Å². The fourth-order valence-electron chi connectivity index (χ4n) is 2.47. The van der Waals surface area contributed by atoms with E-state index in [0.29, 0.717) is 42.3 Å². The summed E-state index contributed by atoms with van der Waals surface area (Å²) in [6.07, 6.45) is -4.28.